The number of hydrogen-bond donors (Lipinski definition) is 0. The van der Waals surface area contributed by atoms with Gasteiger partial charge in [0, 0.05) is 5.33 Å². The van der Waals surface area contributed by atoms with Crippen LogP contribution in [-0.4, -0.2) is 5.33 Å². The maximum absolute atomic E-state index is 4.08. The molecule has 0 aliphatic heterocycles. The summed E-state index contributed by atoms with van der Waals surface area (Å²) in [5, 5.41) is 1.13. The molecule has 1 rings (SSSR count). The van der Waals surface area contributed by atoms with E-state index in [1.54, 1.807) is 0 Å². The van der Waals surface area contributed by atoms with Crippen molar-refractivity contribution in [1.82, 2.24) is 0 Å². The summed E-state index contributed by atoms with van der Waals surface area (Å²) in [6.45, 7) is 11.0. The molecule has 0 heterocycles. The SMILES string of the molecule is C=C(C)[C@@H]1CC(C)(C)C[C@@H]1CBr. The molecule has 70 valence electrons. The Labute approximate surface area is 84.6 Å². The van der Waals surface area contributed by atoms with E-state index in [0.29, 0.717) is 5.41 Å². The van der Waals surface area contributed by atoms with E-state index < -0.39 is 0 Å². The van der Waals surface area contributed by atoms with Gasteiger partial charge in [-0.25, -0.2) is 0 Å². The van der Waals surface area contributed by atoms with Crippen molar-refractivity contribution in [2.24, 2.45) is 17.3 Å². The van der Waals surface area contributed by atoms with Gasteiger partial charge in [0.05, 0.1) is 0 Å². The van der Waals surface area contributed by atoms with Crippen molar-refractivity contribution in [1.29, 1.82) is 0 Å². The monoisotopic (exact) mass is 230 g/mol. The fraction of sp³-hybridized carbons (Fsp3) is 0.818. The van der Waals surface area contributed by atoms with Gasteiger partial charge in [0.25, 0.3) is 0 Å². The molecule has 0 bridgehead atoms. The zero-order valence-corrected chi connectivity index (χ0v) is 9.95. The van der Waals surface area contributed by atoms with Crippen LogP contribution in [0.4, 0.5) is 0 Å². The van der Waals surface area contributed by atoms with Crippen molar-refractivity contribution >= 4 is 15.9 Å². The average Bonchev–Trinajstić information content (AvgIpc) is 2.25. The highest BCUT2D eigenvalue weighted by atomic mass is 79.9. The van der Waals surface area contributed by atoms with E-state index in [4.69, 9.17) is 0 Å². The molecule has 12 heavy (non-hydrogen) atoms. The lowest BCUT2D eigenvalue weighted by atomic mass is 9.89. The number of rotatable bonds is 2. The van der Waals surface area contributed by atoms with E-state index in [0.717, 1.165) is 17.2 Å². The summed E-state index contributed by atoms with van der Waals surface area (Å²) in [5.41, 5.74) is 1.90. The minimum atomic E-state index is 0.530. The van der Waals surface area contributed by atoms with Crippen molar-refractivity contribution in [2.45, 2.75) is 33.6 Å². The van der Waals surface area contributed by atoms with Gasteiger partial charge in [-0.2, -0.15) is 0 Å². The highest BCUT2D eigenvalue weighted by molar-refractivity contribution is 9.09. The van der Waals surface area contributed by atoms with Gasteiger partial charge in [-0.3, -0.25) is 0 Å². The summed E-state index contributed by atoms with van der Waals surface area (Å²) in [5.74, 6) is 1.57. The van der Waals surface area contributed by atoms with Gasteiger partial charge in [0.2, 0.25) is 0 Å². The second-order valence-corrected chi connectivity index (χ2v) is 5.59. The maximum Gasteiger partial charge on any atom is 0.00655 e. The smallest absolute Gasteiger partial charge is 0.00655 e. The summed E-state index contributed by atoms with van der Waals surface area (Å²) in [6.07, 6.45) is 2.66. The summed E-state index contributed by atoms with van der Waals surface area (Å²) >= 11 is 3.60. The fourth-order valence-electron chi connectivity index (χ4n) is 2.44. The number of halogens is 1. The molecule has 0 N–H and O–H groups in total. The molecule has 2 atom stereocenters. The van der Waals surface area contributed by atoms with Crippen LogP contribution in [0.15, 0.2) is 12.2 Å². The second kappa shape index (κ2) is 3.53. The molecule has 0 radical (unpaired) electrons. The van der Waals surface area contributed by atoms with E-state index >= 15 is 0 Å². The van der Waals surface area contributed by atoms with E-state index in [1.807, 2.05) is 0 Å². The van der Waals surface area contributed by atoms with Crippen LogP contribution in [0.3, 0.4) is 0 Å². The van der Waals surface area contributed by atoms with Crippen molar-refractivity contribution in [3.8, 4) is 0 Å². The average molecular weight is 231 g/mol. The molecule has 1 fully saturated rings. The predicted octanol–water partition coefficient (Wildman–Crippen LogP) is 4.01. The van der Waals surface area contributed by atoms with Gasteiger partial charge in [-0.1, -0.05) is 41.9 Å². The van der Waals surface area contributed by atoms with Crippen molar-refractivity contribution in [3.63, 3.8) is 0 Å². The number of hydrogen-bond acceptors (Lipinski definition) is 0. The Morgan fingerprint density at radius 1 is 1.50 bits per heavy atom. The zero-order valence-electron chi connectivity index (χ0n) is 8.36. The van der Waals surface area contributed by atoms with E-state index in [9.17, 15) is 0 Å². The highest BCUT2D eigenvalue weighted by Gasteiger charge is 2.38. The van der Waals surface area contributed by atoms with Crippen molar-refractivity contribution < 1.29 is 0 Å². The lowest BCUT2D eigenvalue weighted by Gasteiger charge is -2.17. The topological polar surface area (TPSA) is 0 Å². The molecule has 0 spiro atoms. The van der Waals surface area contributed by atoms with Gasteiger partial charge in [0.15, 0.2) is 0 Å². The minimum absolute atomic E-state index is 0.530. The predicted molar refractivity (Wildman–Crippen MR) is 58.6 cm³/mol. The van der Waals surface area contributed by atoms with Crippen LogP contribution in [-0.2, 0) is 0 Å². The third-order valence-corrected chi connectivity index (χ3v) is 3.82. The van der Waals surface area contributed by atoms with Crippen molar-refractivity contribution in [2.75, 3.05) is 5.33 Å². The van der Waals surface area contributed by atoms with Crippen LogP contribution >= 0.6 is 15.9 Å². The number of alkyl halides is 1. The minimum Gasteiger partial charge on any atom is -0.0998 e. The number of allylic oxidation sites excluding steroid dienone is 1. The summed E-state index contributed by atoms with van der Waals surface area (Å²) in [7, 11) is 0. The normalized spacial score (nSPS) is 33.7. The molecular weight excluding hydrogens is 212 g/mol. The van der Waals surface area contributed by atoms with Gasteiger partial charge in [-0.05, 0) is 37.0 Å². The van der Waals surface area contributed by atoms with Crippen LogP contribution in [0, 0.1) is 17.3 Å². The molecular formula is C11H19Br. The molecule has 0 nitrogen and oxygen atoms in total. The Morgan fingerprint density at radius 3 is 2.42 bits per heavy atom. The molecule has 0 saturated heterocycles. The summed E-state index contributed by atoms with van der Waals surface area (Å²) in [6, 6.07) is 0. The molecule has 1 saturated carbocycles. The van der Waals surface area contributed by atoms with Crippen LogP contribution < -0.4 is 0 Å². The largest absolute Gasteiger partial charge is 0.0998 e. The Hall–Kier alpha value is 0.220. The Bertz CT molecular complexity index is 181. The lowest BCUT2D eigenvalue weighted by Crippen LogP contribution is -2.09. The molecule has 1 aliphatic rings. The molecule has 1 aliphatic carbocycles. The van der Waals surface area contributed by atoms with Crippen LogP contribution in [0.2, 0.25) is 0 Å². The molecule has 1 heteroatoms. The van der Waals surface area contributed by atoms with E-state index in [1.165, 1.54) is 18.4 Å². The first-order valence-electron chi connectivity index (χ1n) is 4.67. The van der Waals surface area contributed by atoms with Gasteiger partial charge >= 0.3 is 0 Å². The van der Waals surface area contributed by atoms with E-state index in [2.05, 4.69) is 43.3 Å². The Balaban J connectivity index is 2.69. The summed E-state index contributed by atoms with van der Waals surface area (Å²) < 4.78 is 0. The lowest BCUT2D eigenvalue weighted by molar-refractivity contribution is 0.365. The highest BCUT2D eigenvalue weighted by Crippen LogP contribution is 2.48. The first kappa shape index (κ1) is 10.3. The van der Waals surface area contributed by atoms with E-state index in [-0.39, 0.29) is 0 Å². The molecule has 0 aromatic carbocycles. The first-order valence-corrected chi connectivity index (χ1v) is 5.80. The van der Waals surface area contributed by atoms with Gasteiger partial charge in [0.1, 0.15) is 0 Å². The molecule has 0 aromatic heterocycles. The van der Waals surface area contributed by atoms with Crippen LogP contribution in [0.1, 0.15) is 33.6 Å². The summed E-state index contributed by atoms with van der Waals surface area (Å²) in [4.78, 5) is 0. The molecule has 0 amide bonds. The molecule has 0 aromatic rings. The van der Waals surface area contributed by atoms with Gasteiger partial charge in [-0.15, -0.1) is 0 Å². The maximum atomic E-state index is 4.08. The third-order valence-electron chi connectivity index (χ3n) is 2.99. The third kappa shape index (κ3) is 2.12. The standard InChI is InChI=1S/C11H19Br/c1-8(2)10-6-11(3,4)5-9(10)7-12/h9-10H,1,5-7H2,2-4H3/t9-,10+/m1/s1. The van der Waals surface area contributed by atoms with Gasteiger partial charge < -0.3 is 0 Å². The van der Waals surface area contributed by atoms with Crippen molar-refractivity contribution in [3.05, 3.63) is 12.2 Å². The first-order chi connectivity index (χ1) is 5.46. The van der Waals surface area contributed by atoms with Crippen LogP contribution in [0.5, 0.6) is 0 Å². The Morgan fingerprint density at radius 2 is 2.08 bits per heavy atom. The zero-order chi connectivity index (χ0) is 9.35. The molecule has 0 unspecified atom stereocenters. The Kier molecular flexibility index (Phi) is 3.03. The fourth-order valence-corrected chi connectivity index (χ4v) is 3.12. The quantitative estimate of drug-likeness (QED) is 0.497. The second-order valence-electron chi connectivity index (χ2n) is 4.94. The van der Waals surface area contributed by atoms with Crippen LogP contribution in [0.25, 0.3) is 0 Å².